The minimum absolute atomic E-state index is 0.118. The van der Waals surface area contributed by atoms with Crippen LogP contribution in [-0.2, 0) is 9.53 Å². The molecule has 0 aromatic carbocycles. The first-order valence-electron chi connectivity index (χ1n) is 7.06. The molecule has 2 aliphatic rings. The zero-order chi connectivity index (χ0) is 12.1. The van der Waals surface area contributed by atoms with Crippen molar-refractivity contribution in [2.75, 3.05) is 19.8 Å². The van der Waals surface area contributed by atoms with E-state index in [1.807, 2.05) is 0 Å². The highest BCUT2D eigenvalue weighted by Gasteiger charge is 2.35. The van der Waals surface area contributed by atoms with Gasteiger partial charge in [0.25, 0.3) is 0 Å². The van der Waals surface area contributed by atoms with Crippen molar-refractivity contribution in [3.63, 3.8) is 0 Å². The molecule has 0 amide bonds. The molecule has 2 fully saturated rings. The van der Waals surface area contributed by atoms with Crippen LogP contribution < -0.4 is 5.73 Å². The summed E-state index contributed by atoms with van der Waals surface area (Å²) in [6.07, 6.45) is 8.81. The molecule has 0 aromatic rings. The average molecular weight is 239 g/mol. The Hall–Kier alpha value is -0.410. The number of ether oxygens (including phenoxy) is 1. The Morgan fingerprint density at radius 2 is 2.00 bits per heavy atom. The number of rotatable bonds is 4. The van der Waals surface area contributed by atoms with Gasteiger partial charge < -0.3 is 10.5 Å². The van der Waals surface area contributed by atoms with E-state index in [4.69, 9.17) is 10.5 Å². The Labute approximate surface area is 104 Å². The molecule has 1 atom stereocenters. The van der Waals surface area contributed by atoms with Crippen molar-refractivity contribution in [3.05, 3.63) is 0 Å². The van der Waals surface area contributed by atoms with Gasteiger partial charge in [-0.05, 0) is 37.6 Å². The minimum atomic E-state index is 0.118. The van der Waals surface area contributed by atoms with E-state index < -0.39 is 0 Å². The maximum absolute atomic E-state index is 12.3. The normalized spacial score (nSPS) is 28.9. The molecular formula is C14H25NO2. The van der Waals surface area contributed by atoms with Gasteiger partial charge in [0.05, 0.1) is 6.61 Å². The molecule has 0 aromatic heterocycles. The third-order valence-electron chi connectivity index (χ3n) is 4.51. The zero-order valence-corrected chi connectivity index (χ0v) is 10.7. The van der Waals surface area contributed by atoms with Gasteiger partial charge in [-0.25, -0.2) is 0 Å². The fourth-order valence-electron chi connectivity index (χ4n) is 3.26. The largest absolute Gasteiger partial charge is 0.381 e. The van der Waals surface area contributed by atoms with E-state index in [9.17, 15) is 4.79 Å². The number of carbonyl (C=O) groups excluding carboxylic acids is 1. The van der Waals surface area contributed by atoms with Gasteiger partial charge >= 0.3 is 0 Å². The molecule has 3 nitrogen and oxygen atoms in total. The predicted molar refractivity (Wildman–Crippen MR) is 67.7 cm³/mol. The summed E-state index contributed by atoms with van der Waals surface area (Å²) in [5, 5.41) is 0. The molecule has 1 heterocycles. The maximum atomic E-state index is 12.3. The van der Waals surface area contributed by atoms with Crippen LogP contribution in [0.15, 0.2) is 0 Å². The first-order valence-corrected chi connectivity index (χ1v) is 7.06. The first-order chi connectivity index (χ1) is 8.26. The van der Waals surface area contributed by atoms with Crippen LogP contribution in [0.2, 0.25) is 0 Å². The van der Waals surface area contributed by atoms with Crippen molar-refractivity contribution in [3.8, 4) is 0 Å². The summed E-state index contributed by atoms with van der Waals surface area (Å²) in [5.41, 5.74) is 6.05. The van der Waals surface area contributed by atoms with E-state index in [0.29, 0.717) is 25.4 Å². The van der Waals surface area contributed by atoms with Gasteiger partial charge in [-0.2, -0.15) is 0 Å². The highest BCUT2D eigenvalue weighted by molar-refractivity contribution is 5.82. The summed E-state index contributed by atoms with van der Waals surface area (Å²) in [5.74, 6) is 0.547. The lowest BCUT2D eigenvalue weighted by atomic mass is 9.69. The van der Waals surface area contributed by atoms with Crippen LogP contribution in [-0.4, -0.2) is 25.5 Å². The van der Waals surface area contributed by atoms with E-state index in [-0.39, 0.29) is 11.3 Å². The Balaban J connectivity index is 1.90. The summed E-state index contributed by atoms with van der Waals surface area (Å²) in [7, 11) is 0. The third kappa shape index (κ3) is 3.29. The molecule has 1 unspecified atom stereocenters. The second-order valence-corrected chi connectivity index (χ2v) is 5.82. The van der Waals surface area contributed by atoms with Gasteiger partial charge in [-0.1, -0.05) is 19.3 Å². The first kappa shape index (κ1) is 13.0. The molecule has 1 aliphatic carbocycles. The molecule has 1 saturated carbocycles. The smallest absolute Gasteiger partial charge is 0.138 e. The van der Waals surface area contributed by atoms with Crippen LogP contribution in [0.1, 0.15) is 51.4 Å². The summed E-state index contributed by atoms with van der Waals surface area (Å²) < 4.78 is 5.41. The summed E-state index contributed by atoms with van der Waals surface area (Å²) in [6, 6.07) is 0. The van der Waals surface area contributed by atoms with Gasteiger partial charge in [0, 0.05) is 18.9 Å². The second-order valence-electron chi connectivity index (χ2n) is 5.82. The van der Waals surface area contributed by atoms with Gasteiger partial charge in [0.2, 0.25) is 0 Å². The van der Waals surface area contributed by atoms with E-state index in [2.05, 4.69) is 0 Å². The Morgan fingerprint density at radius 1 is 1.24 bits per heavy atom. The third-order valence-corrected chi connectivity index (χ3v) is 4.51. The Kier molecular flexibility index (Phi) is 4.57. The van der Waals surface area contributed by atoms with E-state index in [0.717, 1.165) is 32.3 Å². The molecule has 0 bridgehead atoms. The van der Waals surface area contributed by atoms with Crippen LogP contribution in [0.5, 0.6) is 0 Å². The number of hydrogen-bond donors (Lipinski definition) is 1. The second kappa shape index (κ2) is 5.96. The highest BCUT2D eigenvalue weighted by Crippen LogP contribution is 2.39. The molecule has 2 rings (SSSR count). The number of hydrogen-bond acceptors (Lipinski definition) is 3. The van der Waals surface area contributed by atoms with Crippen LogP contribution in [0.25, 0.3) is 0 Å². The fourth-order valence-corrected chi connectivity index (χ4v) is 3.26. The number of ketones is 1. The predicted octanol–water partition coefficient (Wildman–Crippen LogP) is 2.28. The minimum Gasteiger partial charge on any atom is -0.381 e. The lowest BCUT2D eigenvalue weighted by Crippen LogP contribution is -2.38. The average Bonchev–Trinajstić information content (AvgIpc) is 2.41. The Bertz CT molecular complexity index is 253. The van der Waals surface area contributed by atoms with Crippen molar-refractivity contribution >= 4 is 5.78 Å². The zero-order valence-electron chi connectivity index (χ0n) is 10.7. The number of Topliss-reactive ketones (excluding diaryl/α,β-unsaturated/α-hetero) is 1. The van der Waals surface area contributed by atoms with E-state index in [1.165, 1.54) is 19.3 Å². The SMILES string of the molecule is NCC1(CC(=O)C2CCCOC2)CCCCC1. The summed E-state index contributed by atoms with van der Waals surface area (Å²) in [6.45, 7) is 2.14. The molecule has 1 aliphatic heterocycles. The van der Waals surface area contributed by atoms with Gasteiger partial charge in [-0.3, -0.25) is 4.79 Å². The maximum Gasteiger partial charge on any atom is 0.138 e. The quantitative estimate of drug-likeness (QED) is 0.819. The summed E-state index contributed by atoms with van der Waals surface area (Å²) in [4.78, 5) is 12.3. The van der Waals surface area contributed by atoms with E-state index >= 15 is 0 Å². The lowest BCUT2D eigenvalue weighted by molar-refractivity contribution is -0.129. The van der Waals surface area contributed by atoms with Crippen LogP contribution in [0, 0.1) is 11.3 Å². The van der Waals surface area contributed by atoms with Crippen LogP contribution in [0.4, 0.5) is 0 Å². The lowest BCUT2D eigenvalue weighted by Gasteiger charge is -2.37. The summed E-state index contributed by atoms with van der Waals surface area (Å²) >= 11 is 0. The molecule has 0 radical (unpaired) electrons. The molecular weight excluding hydrogens is 214 g/mol. The van der Waals surface area contributed by atoms with Gasteiger partial charge in [-0.15, -0.1) is 0 Å². The number of nitrogens with two attached hydrogens (primary N) is 1. The topological polar surface area (TPSA) is 52.3 Å². The highest BCUT2D eigenvalue weighted by atomic mass is 16.5. The monoisotopic (exact) mass is 239 g/mol. The van der Waals surface area contributed by atoms with Crippen LogP contribution in [0.3, 0.4) is 0 Å². The van der Waals surface area contributed by atoms with Gasteiger partial charge in [0.15, 0.2) is 0 Å². The molecule has 3 heteroatoms. The van der Waals surface area contributed by atoms with Crippen molar-refractivity contribution in [2.24, 2.45) is 17.1 Å². The van der Waals surface area contributed by atoms with Crippen LogP contribution >= 0.6 is 0 Å². The van der Waals surface area contributed by atoms with Crippen molar-refractivity contribution < 1.29 is 9.53 Å². The molecule has 98 valence electrons. The Morgan fingerprint density at radius 3 is 2.59 bits per heavy atom. The van der Waals surface area contributed by atoms with Crippen molar-refractivity contribution in [1.82, 2.24) is 0 Å². The van der Waals surface area contributed by atoms with Crippen molar-refractivity contribution in [1.29, 1.82) is 0 Å². The van der Waals surface area contributed by atoms with E-state index in [1.54, 1.807) is 0 Å². The van der Waals surface area contributed by atoms with Gasteiger partial charge in [0.1, 0.15) is 5.78 Å². The molecule has 17 heavy (non-hydrogen) atoms. The number of carbonyl (C=O) groups is 1. The molecule has 1 saturated heterocycles. The molecule has 0 spiro atoms. The standard InChI is InChI=1S/C14H25NO2/c15-11-14(6-2-1-3-7-14)9-13(16)12-5-4-8-17-10-12/h12H,1-11,15H2. The molecule has 2 N–H and O–H groups in total. The van der Waals surface area contributed by atoms with Crippen molar-refractivity contribution in [2.45, 2.75) is 51.4 Å². The fraction of sp³-hybridized carbons (Fsp3) is 0.929.